The summed E-state index contributed by atoms with van der Waals surface area (Å²) in [5.74, 6) is 0.188. The van der Waals surface area contributed by atoms with Crippen LogP contribution in [0.5, 0.6) is 0 Å². The number of hydrogen-bond acceptors (Lipinski definition) is 3. The van der Waals surface area contributed by atoms with Crippen molar-refractivity contribution < 1.29 is 8.42 Å². The van der Waals surface area contributed by atoms with Gasteiger partial charge in [-0.1, -0.05) is 18.2 Å². The van der Waals surface area contributed by atoms with Crippen molar-refractivity contribution in [3.05, 3.63) is 30.3 Å². The van der Waals surface area contributed by atoms with Crippen LogP contribution in [0.15, 0.2) is 35.2 Å². The lowest BCUT2D eigenvalue weighted by Crippen LogP contribution is -2.24. The van der Waals surface area contributed by atoms with Crippen molar-refractivity contribution in [1.29, 1.82) is 0 Å². The Labute approximate surface area is 90.4 Å². The Morgan fingerprint density at radius 1 is 1.20 bits per heavy atom. The molecule has 1 aliphatic rings. The summed E-state index contributed by atoms with van der Waals surface area (Å²) in [5, 5.41) is 3.20. The van der Waals surface area contributed by atoms with Crippen LogP contribution >= 0.6 is 0 Å². The van der Waals surface area contributed by atoms with E-state index in [0.717, 1.165) is 0 Å². The van der Waals surface area contributed by atoms with E-state index in [9.17, 15) is 8.42 Å². The van der Waals surface area contributed by atoms with E-state index in [0.29, 0.717) is 17.5 Å². The Hall–Kier alpha value is -0.870. The molecule has 0 saturated heterocycles. The van der Waals surface area contributed by atoms with Crippen molar-refractivity contribution in [2.75, 3.05) is 12.3 Å². The van der Waals surface area contributed by atoms with Gasteiger partial charge in [-0.3, -0.25) is 0 Å². The molecular formula is C11H15NO2S. The maximum atomic E-state index is 11.8. The van der Waals surface area contributed by atoms with E-state index in [4.69, 9.17) is 0 Å². The third-order valence-corrected chi connectivity index (χ3v) is 4.22. The highest BCUT2D eigenvalue weighted by Gasteiger charge is 2.21. The largest absolute Gasteiger partial charge is 0.313 e. The number of benzene rings is 1. The maximum Gasteiger partial charge on any atom is 0.179 e. The molecule has 0 spiro atoms. The van der Waals surface area contributed by atoms with Crippen LogP contribution in [0.4, 0.5) is 0 Å². The minimum atomic E-state index is -3.09. The number of sulfone groups is 1. The van der Waals surface area contributed by atoms with Crippen LogP contribution in [-0.4, -0.2) is 26.8 Å². The van der Waals surface area contributed by atoms with Gasteiger partial charge in [0, 0.05) is 12.6 Å². The minimum absolute atomic E-state index is 0.188. The topological polar surface area (TPSA) is 46.2 Å². The number of rotatable bonds is 5. The Kier molecular flexibility index (Phi) is 3.07. The Bertz CT molecular complexity index is 409. The molecule has 0 unspecified atom stereocenters. The molecule has 0 radical (unpaired) electrons. The van der Waals surface area contributed by atoms with E-state index >= 15 is 0 Å². The Morgan fingerprint density at radius 3 is 2.47 bits per heavy atom. The van der Waals surface area contributed by atoms with Gasteiger partial charge in [0.1, 0.15) is 0 Å². The molecule has 2 rings (SSSR count). The molecule has 1 fully saturated rings. The van der Waals surface area contributed by atoms with Crippen LogP contribution in [0.1, 0.15) is 12.8 Å². The molecule has 0 bridgehead atoms. The fraction of sp³-hybridized carbons (Fsp3) is 0.455. The smallest absolute Gasteiger partial charge is 0.179 e. The molecule has 15 heavy (non-hydrogen) atoms. The van der Waals surface area contributed by atoms with Gasteiger partial charge in [0.2, 0.25) is 0 Å². The third-order valence-electron chi connectivity index (χ3n) is 2.48. The first-order chi connectivity index (χ1) is 7.18. The second kappa shape index (κ2) is 4.33. The lowest BCUT2D eigenvalue weighted by molar-refractivity contribution is 0.590. The maximum absolute atomic E-state index is 11.8. The summed E-state index contributed by atoms with van der Waals surface area (Å²) in [5.41, 5.74) is 0. The lowest BCUT2D eigenvalue weighted by atomic mass is 10.4. The fourth-order valence-electron chi connectivity index (χ4n) is 1.43. The summed E-state index contributed by atoms with van der Waals surface area (Å²) >= 11 is 0. The van der Waals surface area contributed by atoms with Gasteiger partial charge in [-0.2, -0.15) is 0 Å². The van der Waals surface area contributed by atoms with Gasteiger partial charge in [0.05, 0.1) is 10.6 Å². The molecule has 1 saturated carbocycles. The summed E-state index contributed by atoms with van der Waals surface area (Å²) in [7, 11) is -3.09. The predicted molar refractivity (Wildman–Crippen MR) is 59.5 cm³/mol. The highest BCUT2D eigenvalue weighted by Crippen LogP contribution is 2.18. The van der Waals surface area contributed by atoms with E-state index in [1.165, 1.54) is 12.8 Å². The first-order valence-electron chi connectivity index (χ1n) is 5.20. The molecule has 4 heteroatoms. The highest BCUT2D eigenvalue weighted by molar-refractivity contribution is 7.91. The van der Waals surface area contributed by atoms with E-state index in [1.807, 2.05) is 6.07 Å². The SMILES string of the molecule is O=S(=O)(CCNC1CC1)c1ccccc1. The zero-order valence-corrected chi connectivity index (χ0v) is 9.33. The standard InChI is InChI=1S/C11H15NO2S/c13-15(14,9-8-12-10-6-7-10)11-4-2-1-3-5-11/h1-5,10,12H,6-9H2. The Balaban J connectivity index is 1.93. The average Bonchev–Trinajstić information content (AvgIpc) is 3.03. The van der Waals surface area contributed by atoms with Crippen molar-refractivity contribution >= 4 is 9.84 Å². The third kappa shape index (κ3) is 3.04. The average molecular weight is 225 g/mol. The quantitative estimate of drug-likeness (QED) is 0.819. The molecule has 1 N–H and O–H groups in total. The lowest BCUT2D eigenvalue weighted by Gasteiger charge is -2.04. The summed E-state index contributed by atoms with van der Waals surface area (Å²) in [6, 6.07) is 9.18. The highest BCUT2D eigenvalue weighted by atomic mass is 32.2. The Morgan fingerprint density at radius 2 is 1.87 bits per heavy atom. The first-order valence-corrected chi connectivity index (χ1v) is 6.85. The van der Waals surface area contributed by atoms with Crippen LogP contribution in [0, 0.1) is 0 Å². The van der Waals surface area contributed by atoms with Crippen molar-refractivity contribution in [2.24, 2.45) is 0 Å². The van der Waals surface area contributed by atoms with E-state index in [2.05, 4.69) is 5.32 Å². The van der Waals surface area contributed by atoms with E-state index in [-0.39, 0.29) is 5.75 Å². The van der Waals surface area contributed by atoms with Gasteiger partial charge in [0.15, 0.2) is 9.84 Å². The van der Waals surface area contributed by atoms with Crippen LogP contribution in [0.2, 0.25) is 0 Å². The van der Waals surface area contributed by atoms with Crippen LogP contribution in [0.3, 0.4) is 0 Å². The molecule has 0 atom stereocenters. The van der Waals surface area contributed by atoms with Gasteiger partial charge < -0.3 is 5.32 Å². The summed E-state index contributed by atoms with van der Waals surface area (Å²) in [6.07, 6.45) is 2.37. The van der Waals surface area contributed by atoms with Gasteiger partial charge in [0.25, 0.3) is 0 Å². The zero-order chi connectivity index (χ0) is 10.7. The normalized spacial score (nSPS) is 16.5. The minimum Gasteiger partial charge on any atom is -0.313 e. The summed E-state index contributed by atoms with van der Waals surface area (Å²) in [4.78, 5) is 0.419. The van der Waals surface area contributed by atoms with Gasteiger partial charge in [-0.15, -0.1) is 0 Å². The molecule has 3 nitrogen and oxygen atoms in total. The van der Waals surface area contributed by atoms with Crippen LogP contribution in [-0.2, 0) is 9.84 Å². The molecule has 0 heterocycles. The molecule has 0 aliphatic heterocycles. The van der Waals surface area contributed by atoms with Crippen molar-refractivity contribution in [2.45, 2.75) is 23.8 Å². The summed E-state index contributed by atoms with van der Waals surface area (Å²) in [6.45, 7) is 0.557. The first kappa shape index (κ1) is 10.6. The zero-order valence-electron chi connectivity index (χ0n) is 8.52. The van der Waals surface area contributed by atoms with Gasteiger partial charge >= 0.3 is 0 Å². The van der Waals surface area contributed by atoms with Crippen molar-refractivity contribution in [3.8, 4) is 0 Å². The molecule has 1 aromatic carbocycles. The van der Waals surface area contributed by atoms with Crippen LogP contribution < -0.4 is 5.32 Å². The van der Waals surface area contributed by atoms with Gasteiger partial charge in [-0.05, 0) is 25.0 Å². The molecule has 82 valence electrons. The second-order valence-electron chi connectivity index (χ2n) is 3.86. The van der Waals surface area contributed by atoms with E-state index in [1.54, 1.807) is 24.3 Å². The molecule has 0 amide bonds. The second-order valence-corrected chi connectivity index (χ2v) is 5.97. The molecule has 1 aromatic rings. The number of hydrogen-bond donors (Lipinski definition) is 1. The molecule has 0 aromatic heterocycles. The molecular weight excluding hydrogens is 210 g/mol. The summed E-state index contributed by atoms with van der Waals surface area (Å²) < 4.78 is 23.6. The number of nitrogens with one attached hydrogen (secondary N) is 1. The van der Waals surface area contributed by atoms with Crippen molar-refractivity contribution in [1.82, 2.24) is 5.32 Å². The predicted octanol–water partition coefficient (Wildman–Crippen LogP) is 1.21. The van der Waals surface area contributed by atoms with Gasteiger partial charge in [-0.25, -0.2) is 8.42 Å². The van der Waals surface area contributed by atoms with Crippen LogP contribution in [0.25, 0.3) is 0 Å². The van der Waals surface area contributed by atoms with Crippen molar-refractivity contribution in [3.63, 3.8) is 0 Å². The molecule has 1 aliphatic carbocycles. The fourth-order valence-corrected chi connectivity index (χ4v) is 2.62. The van der Waals surface area contributed by atoms with E-state index < -0.39 is 9.84 Å². The monoisotopic (exact) mass is 225 g/mol.